The summed E-state index contributed by atoms with van der Waals surface area (Å²) in [6.07, 6.45) is 2.51. The van der Waals surface area contributed by atoms with Crippen LogP contribution in [0.1, 0.15) is 49.7 Å². The molecule has 2 unspecified atom stereocenters. The van der Waals surface area contributed by atoms with Crippen molar-refractivity contribution in [3.8, 4) is 5.75 Å². The van der Waals surface area contributed by atoms with E-state index in [4.69, 9.17) is 20.5 Å². The largest absolute Gasteiger partial charge is 0.497 e. The second-order valence-corrected chi connectivity index (χ2v) is 5.80. The van der Waals surface area contributed by atoms with Crippen LogP contribution in [-0.2, 0) is 0 Å². The van der Waals surface area contributed by atoms with E-state index in [1.54, 1.807) is 11.8 Å². The number of aromatic nitrogens is 4. The highest BCUT2D eigenvalue weighted by molar-refractivity contribution is 6.40. The molecule has 0 aliphatic carbocycles. The predicted molar refractivity (Wildman–Crippen MR) is 90.4 cm³/mol. The maximum Gasteiger partial charge on any atom is 0.451 e. The summed E-state index contributed by atoms with van der Waals surface area (Å²) in [5.74, 6) is 1.42. The van der Waals surface area contributed by atoms with Crippen LogP contribution in [0.25, 0.3) is 0 Å². The van der Waals surface area contributed by atoms with E-state index < -0.39 is 7.12 Å². The molecule has 2 rings (SSSR count). The minimum Gasteiger partial charge on any atom is -0.497 e. The summed E-state index contributed by atoms with van der Waals surface area (Å²) in [5.41, 5.74) is 7.27. The Kier molecular flexibility index (Phi) is 6.71. The maximum atomic E-state index is 8.86. The van der Waals surface area contributed by atoms with E-state index in [9.17, 15) is 0 Å². The van der Waals surface area contributed by atoms with Gasteiger partial charge in [0.15, 0.2) is 5.82 Å². The van der Waals surface area contributed by atoms with Gasteiger partial charge in [-0.1, -0.05) is 25.0 Å². The Hall–Kier alpha value is -1.97. The average Bonchev–Trinajstić information content (AvgIpc) is 3.07. The van der Waals surface area contributed by atoms with Crippen LogP contribution >= 0.6 is 0 Å². The van der Waals surface area contributed by atoms with Crippen molar-refractivity contribution >= 4 is 7.12 Å². The highest BCUT2D eigenvalue weighted by atomic mass is 16.5. The SMILES string of the molecule is COc1ccc(C(C)n2nnnc2C(N)CCCCB(O)O)cc1. The van der Waals surface area contributed by atoms with E-state index in [-0.39, 0.29) is 12.1 Å². The first-order chi connectivity index (χ1) is 11.5. The van der Waals surface area contributed by atoms with Crippen molar-refractivity contribution in [1.29, 1.82) is 0 Å². The molecule has 2 aromatic rings. The van der Waals surface area contributed by atoms with Gasteiger partial charge in [0.1, 0.15) is 5.75 Å². The summed E-state index contributed by atoms with van der Waals surface area (Å²) in [5, 5.41) is 29.6. The third-order valence-corrected chi connectivity index (χ3v) is 4.04. The van der Waals surface area contributed by atoms with Crippen molar-refractivity contribution < 1.29 is 14.8 Å². The van der Waals surface area contributed by atoms with Crippen molar-refractivity contribution in [3.05, 3.63) is 35.7 Å². The molecule has 4 N–H and O–H groups in total. The molecule has 0 amide bonds. The Morgan fingerprint density at radius 1 is 1.25 bits per heavy atom. The van der Waals surface area contributed by atoms with Crippen LogP contribution in [0.4, 0.5) is 0 Å². The average molecular weight is 333 g/mol. The predicted octanol–water partition coefficient (Wildman–Crippen LogP) is 0.934. The zero-order valence-corrected chi connectivity index (χ0v) is 14.0. The van der Waals surface area contributed by atoms with Gasteiger partial charge in [-0.25, -0.2) is 4.68 Å². The second kappa shape index (κ2) is 8.77. The standard InChI is InChI=1S/C15H24BN5O3/c1-11(12-6-8-13(24-2)9-7-12)21-15(18-19-20-21)14(17)5-3-4-10-16(22)23/h6-9,11,14,22-23H,3-5,10,17H2,1-2H3. The Labute approximate surface area is 141 Å². The lowest BCUT2D eigenvalue weighted by atomic mass is 9.83. The summed E-state index contributed by atoms with van der Waals surface area (Å²) < 4.78 is 6.90. The van der Waals surface area contributed by atoms with Crippen LogP contribution in [0, 0.1) is 0 Å². The van der Waals surface area contributed by atoms with Crippen molar-refractivity contribution in [2.75, 3.05) is 7.11 Å². The van der Waals surface area contributed by atoms with Gasteiger partial charge in [-0.15, -0.1) is 5.10 Å². The Morgan fingerprint density at radius 2 is 1.96 bits per heavy atom. The normalized spacial score (nSPS) is 13.5. The first-order valence-corrected chi connectivity index (χ1v) is 8.06. The van der Waals surface area contributed by atoms with Crippen molar-refractivity contribution in [2.24, 2.45) is 5.73 Å². The summed E-state index contributed by atoms with van der Waals surface area (Å²) in [6, 6.07) is 7.40. The molecule has 0 radical (unpaired) electrons. The molecule has 0 fully saturated rings. The molecule has 1 aromatic heterocycles. The summed E-state index contributed by atoms with van der Waals surface area (Å²) >= 11 is 0. The van der Waals surface area contributed by atoms with Gasteiger partial charge in [0.05, 0.1) is 19.2 Å². The highest BCUT2D eigenvalue weighted by Crippen LogP contribution is 2.23. The van der Waals surface area contributed by atoms with E-state index in [2.05, 4.69) is 15.5 Å². The number of nitrogens with two attached hydrogens (primary N) is 1. The monoisotopic (exact) mass is 333 g/mol. The third kappa shape index (κ3) is 4.76. The molecule has 9 heteroatoms. The van der Waals surface area contributed by atoms with E-state index in [1.165, 1.54) is 0 Å². The minimum atomic E-state index is -1.26. The molecule has 0 aliphatic heterocycles. The smallest absolute Gasteiger partial charge is 0.451 e. The van der Waals surface area contributed by atoms with Gasteiger partial charge in [-0.3, -0.25) is 0 Å². The molecule has 0 aliphatic rings. The van der Waals surface area contributed by atoms with Gasteiger partial charge in [0, 0.05) is 0 Å². The highest BCUT2D eigenvalue weighted by Gasteiger charge is 2.20. The topological polar surface area (TPSA) is 119 Å². The third-order valence-electron chi connectivity index (χ3n) is 4.04. The fourth-order valence-corrected chi connectivity index (χ4v) is 2.56. The van der Waals surface area contributed by atoms with Crippen LogP contribution in [0.15, 0.2) is 24.3 Å². The first-order valence-electron chi connectivity index (χ1n) is 8.06. The number of hydrogen-bond acceptors (Lipinski definition) is 7. The van der Waals surface area contributed by atoms with Crippen molar-refractivity contribution in [1.82, 2.24) is 20.2 Å². The zero-order valence-electron chi connectivity index (χ0n) is 14.0. The number of benzene rings is 1. The summed E-state index contributed by atoms with van der Waals surface area (Å²) in [4.78, 5) is 0. The van der Waals surface area contributed by atoms with Gasteiger partial charge < -0.3 is 20.5 Å². The molecule has 130 valence electrons. The molecule has 1 aromatic carbocycles. The number of ether oxygens (including phenoxy) is 1. The lowest BCUT2D eigenvalue weighted by molar-refractivity contribution is 0.400. The number of nitrogens with zero attached hydrogens (tertiary/aromatic N) is 4. The molecule has 24 heavy (non-hydrogen) atoms. The minimum absolute atomic E-state index is 0.0498. The Morgan fingerprint density at radius 3 is 2.58 bits per heavy atom. The lowest BCUT2D eigenvalue weighted by Gasteiger charge is -2.17. The lowest BCUT2D eigenvalue weighted by Crippen LogP contribution is -2.20. The number of unbranched alkanes of at least 4 members (excludes halogenated alkanes) is 1. The van der Waals surface area contributed by atoms with Crippen LogP contribution < -0.4 is 10.5 Å². The van der Waals surface area contributed by atoms with Crippen LogP contribution in [-0.4, -0.2) is 44.5 Å². The van der Waals surface area contributed by atoms with Gasteiger partial charge in [-0.05, 0) is 47.8 Å². The maximum absolute atomic E-state index is 8.86. The fraction of sp³-hybridized carbons (Fsp3) is 0.533. The molecule has 8 nitrogen and oxygen atoms in total. The van der Waals surface area contributed by atoms with Crippen molar-refractivity contribution in [2.45, 2.75) is 44.6 Å². The molecule has 1 heterocycles. The van der Waals surface area contributed by atoms with E-state index in [0.29, 0.717) is 25.0 Å². The molecule has 0 saturated carbocycles. The fourth-order valence-electron chi connectivity index (χ4n) is 2.56. The first kappa shape index (κ1) is 18.4. The van der Waals surface area contributed by atoms with E-state index in [0.717, 1.165) is 17.7 Å². The van der Waals surface area contributed by atoms with Gasteiger partial charge in [-0.2, -0.15) is 0 Å². The number of rotatable bonds is 9. The Bertz CT molecular complexity index is 620. The number of tetrazole rings is 1. The van der Waals surface area contributed by atoms with Gasteiger partial charge >= 0.3 is 7.12 Å². The Balaban J connectivity index is 2.02. The van der Waals surface area contributed by atoms with E-state index in [1.807, 2.05) is 31.2 Å². The molecule has 0 saturated heterocycles. The summed E-state index contributed by atoms with van der Waals surface area (Å²) in [7, 11) is 0.369. The number of hydrogen-bond donors (Lipinski definition) is 3. The molecular weight excluding hydrogens is 309 g/mol. The van der Waals surface area contributed by atoms with Crippen LogP contribution in [0.2, 0.25) is 6.32 Å². The molecule has 0 spiro atoms. The van der Waals surface area contributed by atoms with Crippen LogP contribution in [0.5, 0.6) is 5.75 Å². The molecular formula is C15H24BN5O3. The molecule has 2 atom stereocenters. The second-order valence-electron chi connectivity index (χ2n) is 5.80. The quantitative estimate of drug-likeness (QED) is 0.461. The van der Waals surface area contributed by atoms with Gasteiger partial charge in [0.25, 0.3) is 0 Å². The van der Waals surface area contributed by atoms with E-state index >= 15 is 0 Å². The van der Waals surface area contributed by atoms with Crippen molar-refractivity contribution in [3.63, 3.8) is 0 Å². The molecule has 0 bridgehead atoms. The zero-order chi connectivity index (χ0) is 17.5. The summed E-state index contributed by atoms with van der Waals surface area (Å²) in [6.45, 7) is 2.01. The van der Waals surface area contributed by atoms with Gasteiger partial charge in [0.2, 0.25) is 0 Å². The number of methoxy groups -OCH3 is 1. The van der Waals surface area contributed by atoms with Crippen LogP contribution in [0.3, 0.4) is 0 Å².